The number of phenolic OH excluding ortho intramolecular Hbond substituents is 1. The first-order valence-corrected chi connectivity index (χ1v) is 12.5. The first kappa shape index (κ1) is 25.5. The number of esters is 1. The molecule has 13 heteroatoms. The van der Waals surface area contributed by atoms with Crippen molar-refractivity contribution in [2.45, 2.75) is 12.5 Å². The molecule has 196 valence electrons. The number of pyridine rings is 1. The average Bonchev–Trinajstić information content (AvgIpc) is 3.67. The highest BCUT2D eigenvalue weighted by atomic mass is 32.1. The van der Waals surface area contributed by atoms with E-state index in [1.54, 1.807) is 29.5 Å². The van der Waals surface area contributed by atoms with E-state index in [0.29, 0.717) is 16.5 Å². The Hall–Kier alpha value is -5.17. The van der Waals surface area contributed by atoms with Crippen LogP contribution in [-0.4, -0.2) is 61.6 Å². The highest BCUT2D eigenvalue weighted by molar-refractivity contribution is 7.13. The third kappa shape index (κ3) is 5.72. The summed E-state index contributed by atoms with van der Waals surface area (Å²) >= 11 is 1.55. The Kier molecular flexibility index (Phi) is 7.23. The molecule has 39 heavy (non-hydrogen) atoms. The number of thiophene rings is 1. The summed E-state index contributed by atoms with van der Waals surface area (Å²) < 4.78 is 4.88. The first-order chi connectivity index (χ1) is 18.9. The maximum atomic E-state index is 13.3. The Morgan fingerprint density at radius 3 is 2.59 bits per heavy atom. The second kappa shape index (κ2) is 11.1. The molecular weight excluding hydrogens is 522 g/mol. The number of carbonyl (C=O) groups is 3. The second-order valence-corrected chi connectivity index (χ2v) is 9.32. The number of ether oxygens (including phenoxy) is 1. The molecule has 0 aliphatic carbocycles. The molecule has 0 saturated heterocycles. The number of nitrogens with one attached hydrogen (secondary N) is 3. The van der Waals surface area contributed by atoms with Crippen LogP contribution in [0.2, 0.25) is 0 Å². The molecule has 0 saturated carbocycles. The number of aromatic amines is 1. The molecule has 1 atom stereocenters. The minimum Gasteiger partial charge on any atom is -0.508 e. The van der Waals surface area contributed by atoms with Gasteiger partial charge in [0.1, 0.15) is 17.5 Å². The number of anilines is 1. The molecule has 0 spiro atoms. The monoisotopic (exact) mass is 543 g/mol. The van der Waals surface area contributed by atoms with Crippen LogP contribution in [-0.2, 0) is 16.0 Å². The van der Waals surface area contributed by atoms with Crippen molar-refractivity contribution < 1.29 is 24.2 Å². The van der Waals surface area contributed by atoms with Crippen molar-refractivity contribution in [3.8, 4) is 16.2 Å². The largest absolute Gasteiger partial charge is 0.508 e. The summed E-state index contributed by atoms with van der Waals surface area (Å²) in [6.07, 6.45) is 0.113. The van der Waals surface area contributed by atoms with Crippen LogP contribution >= 0.6 is 11.3 Å². The molecular formula is C26H21N7O5S. The fraction of sp³-hybridized carbons (Fsp3) is 0.115. The smallest absolute Gasteiger partial charge is 0.328 e. The van der Waals surface area contributed by atoms with E-state index in [2.05, 4.69) is 36.2 Å². The van der Waals surface area contributed by atoms with Gasteiger partial charge in [0.2, 0.25) is 0 Å². The summed E-state index contributed by atoms with van der Waals surface area (Å²) in [5, 5.41) is 30.4. The molecule has 12 nitrogen and oxygen atoms in total. The second-order valence-electron chi connectivity index (χ2n) is 8.37. The van der Waals surface area contributed by atoms with Gasteiger partial charge in [-0.1, -0.05) is 29.4 Å². The lowest BCUT2D eigenvalue weighted by Crippen LogP contribution is -2.43. The molecule has 2 amide bonds. The number of hydrogen-bond donors (Lipinski definition) is 4. The summed E-state index contributed by atoms with van der Waals surface area (Å²) in [5.74, 6) is -1.87. The van der Waals surface area contributed by atoms with Gasteiger partial charge in [-0.25, -0.2) is 9.78 Å². The minimum absolute atomic E-state index is 0.0370. The Balaban J connectivity index is 1.50. The van der Waals surface area contributed by atoms with Crippen molar-refractivity contribution in [1.29, 1.82) is 0 Å². The number of fused-ring (bicyclic) bond motifs is 1. The summed E-state index contributed by atoms with van der Waals surface area (Å²) in [5.41, 5.74) is 2.04. The zero-order chi connectivity index (χ0) is 27.4. The fourth-order valence-electron chi connectivity index (χ4n) is 3.95. The molecule has 0 radical (unpaired) electrons. The Bertz CT molecular complexity index is 1640. The van der Waals surface area contributed by atoms with Gasteiger partial charge < -0.3 is 15.2 Å². The quantitative estimate of drug-likeness (QED) is 0.215. The van der Waals surface area contributed by atoms with Crippen molar-refractivity contribution in [3.63, 3.8) is 0 Å². The lowest BCUT2D eigenvalue weighted by Gasteiger charge is -2.17. The van der Waals surface area contributed by atoms with Gasteiger partial charge in [0.25, 0.3) is 17.8 Å². The molecule has 0 fully saturated rings. The summed E-state index contributed by atoms with van der Waals surface area (Å²) in [4.78, 5) is 44.5. The van der Waals surface area contributed by atoms with Crippen LogP contribution in [0.25, 0.3) is 21.3 Å². The number of H-pyrrole nitrogens is 1. The highest BCUT2D eigenvalue weighted by Gasteiger charge is 2.25. The topological polar surface area (TPSA) is 172 Å². The predicted octanol–water partition coefficient (Wildman–Crippen LogP) is 2.95. The summed E-state index contributed by atoms with van der Waals surface area (Å²) in [7, 11) is 1.22. The number of carbonyl (C=O) groups excluding carboxylic acids is 3. The van der Waals surface area contributed by atoms with Crippen molar-refractivity contribution in [2.75, 3.05) is 12.4 Å². The lowest BCUT2D eigenvalue weighted by atomic mass is 10.0. The minimum atomic E-state index is -1.04. The van der Waals surface area contributed by atoms with Crippen molar-refractivity contribution in [3.05, 3.63) is 82.9 Å². The summed E-state index contributed by atoms with van der Waals surface area (Å²) in [6, 6.07) is 15.8. The van der Waals surface area contributed by atoms with Crippen LogP contribution < -0.4 is 10.6 Å². The Morgan fingerprint density at radius 1 is 1.08 bits per heavy atom. The molecule has 0 aliphatic rings. The van der Waals surface area contributed by atoms with E-state index in [-0.39, 0.29) is 29.4 Å². The van der Waals surface area contributed by atoms with Crippen molar-refractivity contribution in [1.82, 2.24) is 30.9 Å². The molecule has 0 bridgehead atoms. The van der Waals surface area contributed by atoms with Crippen LogP contribution in [0, 0.1) is 0 Å². The van der Waals surface area contributed by atoms with E-state index in [9.17, 15) is 19.5 Å². The Morgan fingerprint density at radius 2 is 1.90 bits per heavy atom. The third-order valence-corrected chi connectivity index (χ3v) is 6.75. The van der Waals surface area contributed by atoms with E-state index < -0.39 is 23.8 Å². The van der Waals surface area contributed by atoms with Gasteiger partial charge in [-0.3, -0.25) is 14.9 Å². The van der Waals surface area contributed by atoms with Crippen LogP contribution in [0.1, 0.15) is 26.4 Å². The molecule has 3 aromatic heterocycles. The number of phenols is 1. The van der Waals surface area contributed by atoms with Gasteiger partial charge in [0.15, 0.2) is 0 Å². The molecule has 5 aromatic rings. The SMILES string of the molecule is COC(=O)[C@H](Cc1ccc(O)cc1)NC(=O)c1cc(C(=O)Nc2nn[nH]n2)c2cc(-c3cccs3)ccc2n1. The lowest BCUT2D eigenvalue weighted by molar-refractivity contribution is -0.142. The summed E-state index contributed by atoms with van der Waals surface area (Å²) in [6.45, 7) is 0. The molecule has 2 aromatic carbocycles. The van der Waals surface area contributed by atoms with Crippen LogP contribution in [0.3, 0.4) is 0 Å². The number of hydrogen-bond acceptors (Lipinski definition) is 10. The average molecular weight is 544 g/mol. The van der Waals surface area contributed by atoms with Gasteiger partial charge in [0, 0.05) is 16.7 Å². The Labute approximate surface area is 225 Å². The van der Waals surface area contributed by atoms with E-state index >= 15 is 0 Å². The molecule has 4 N–H and O–H groups in total. The zero-order valence-electron chi connectivity index (χ0n) is 20.4. The number of aromatic nitrogens is 5. The van der Waals surface area contributed by atoms with Gasteiger partial charge in [-0.2, -0.15) is 5.21 Å². The zero-order valence-corrected chi connectivity index (χ0v) is 21.2. The standard InChI is InChI=1S/C26H21N7O5S/c1-38-25(37)21(11-14-4-7-16(34)8-5-14)28-24(36)20-13-18(23(35)29-26-30-32-33-31-26)17-12-15(6-9-19(17)27-20)22-3-2-10-39-22/h2-10,12-13,21,34H,11H2,1H3,(H,28,36)(H2,29,30,31,32,33,35)/t21-/m0/s1. The number of aromatic hydroxyl groups is 1. The maximum Gasteiger partial charge on any atom is 0.328 e. The van der Waals surface area contributed by atoms with E-state index in [4.69, 9.17) is 4.74 Å². The third-order valence-electron chi connectivity index (χ3n) is 5.83. The van der Waals surface area contributed by atoms with Gasteiger partial charge in [-0.15, -0.1) is 16.4 Å². The van der Waals surface area contributed by atoms with Crippen molar-refractivity contribution in [2.24, 2.45) is 0 Å². The normalized spacial score (nSPS) is 11.6. The van der Waals surface area contributed by atoms with Gasteiger partial charge >= 0.3 is 5.97 Å². The molecule has 5 rings (SSSR count). The van der Waals surface area contributed by atoms with E-state index in [1.165, 1.54) is 25.3 Å². The van der Waals surface area contributed by atoms with Crippen LogP contribution in [0.15, 0.2) is 66.0 Å². The van der Waals surface area contributed by atoms with Gasteiger partial charge in [0.05, 0.1) is 18.2 Å². The predicted molar refractivity (Wildman–Crippen MR) is 142 cm³/mol. The molecule has 0 aliphatic heterocycles. The fourth-order valence-corrected chi connectivity index (χ4v) is 4.67. The van der Waals surface area contributed by atoms with Crippen LogP contribution in [0.5, 0.6) is 5.75 Å². The number of benzene rings is 2. The number of amides is 2. The molecule has 3 heterocycles. The number of tetrazole rings is 1. The van der Waals surface area contributed by atoms with E-state index in [1.807, 2.05) is 29.6 Å². The number of methoxy groups -OCH3 is 1. The van der Waals surface area contributed by atoms with E-state index in [0.717, 1.165) is 10.4 Å². The van der Waals surface area contributed by atoms with Crippen molar-refractivity contribution >= 4 is 46.0 Å². The molecule has 0 unspecified atom stereocenters. The maximum absolute atomic E-state index is 13.3. The van der Waals surface area contributed by atoms with Gasteiger partial charge in [-0.05, 0) is 58.1 Å². The number of nitrogens with zero attached hydrogens (tertiary/aromatic N) is 4. The first-order valence-electron chi connectivity index (χ1n) is 11.6. The van der Waals surface area contributed by atoms with Crippen LogP contribution in [0.4, 0.5) is 5.95 Å². The number of rotatable bonds is 8. The highest BCUT2D eigenvalue weighted by Crippen LogP contribution is 2.29.